The average molecular weight is 638 g/mol. The highest BCUT2D eigenvalue weighted by Gasteiger charge is 2.13. The Hall–Kier alpha value is -7.21. The zero-order valence-corrected chi connectivity index (χ0v) is 26.8. The Morgan fingerprint density at radius 1 is 0.400 bits per heavy atom. The molecule has 0 atom stereocenters. The Labute approximate surface area is 290 Å². The largest absolute Gasteiger partial charge is 0.238 e. The van der Waals surface area contributed by atoms with Gasteiger partial charge >= 0.3 is 0 Å². The van der Waals surface area contributed by atoms with Gasteiger partial charge in [-0.25, -0.2) is 19.8 Å². The number of nitriles is 1. The molecule has 0 saturated heterocycles. The van der Waals surface area contributed by atoms with E-state index in [0.29, 0.717) is 28.7 Å². The van der Waals surface area contributed by atoms with E-state index in [1.165, 1.54) is 0 Å². The van der Waals surface area contributed by atoms with Crippen LogP contribution in [0.3, 0.4) is 0 Å². The number of rotatable bonds is 6. The predicted octanol–water partition coefficient (Wildman–Crippen LogP) is 11.4. The van der Waals surface area contributed by atoms with E-state index in [2.05, 4.69) is 83.7 Å². The maximum atomic E-state index is 9.39. The van der Waals surface area contributed by atoms with Gasteiger partial charge < -0.3 is 0 Å². The Morgan fingerprint density at radius 3 is 1.28 bits per heavy atom. The monoisotopic (exact) mass is 637 g/mol. The van der Waals surface area contributed by atoms with E-state index >= 15 is 0 Å². The molecule has 7 aromatic carbocycles. The van der Waals surface area contributed by atoms with Crippen LogP contribution in [-0.4, -0.2) is 15.0 Å². The second-order valence-corrected chi connectivity index (χ2v) is 12.0. The van der Waals surface area contributed by atoms with E-state index in [0.717, 1.165) is 60.8 Å². The van der Waals surface area contributed by atoms with Crippen molar-refractivity contribution < 1.29 is 0 Å². The third-order valence-corrected chi connectivity index (χ3v) is 8.74. The highest BCUT2D eigenvalue weighted by atomic mass is 15.0. The van der Waals surface area contributed by atoms with Crippen molar-refractivity contribution in [3.05, 3.63) is 181 Å². The summed E-state index contributed by atoms with van der Waals surface area (Å²) in [4.78, 5) is 18.1. The summed E-state index contributed by atoms with van der Waals surface area (Å²) in [5.74, 6) is 1.91. The average Bonchev–Trinajstić information content (AvgIpc) is 3.20. The van der Waals surface area contributed by atoms with Crippen LogP contribution in [0.25, 0.3) is 83.2 Å². The third kappa shape index (κ3) is 6.11. The number of hydrogen-bond acceptors (Lipinski definition) is 4. The molecule has 0 spiro atoms. The number of nitrogens with zero attached hydrogens (tertiary/aromatic N) is 5. The standard InChI is InChI=1S/C45H27N5/c1-47-42-25-30(29-46)24-40(28-42)33-14-12-31(13-15-33)38-22-18-34-19-23-39(27-41(34)26-38)32-16-20-37(21-17-32)45-49-43(35-8-4-2-5-9-35)48-44(50-45)36-10-6-3-7-11-36/h2-28H. The van der Waals surface area contributed by atoms with Crippen molar-refractivity contribution in [2.24, 2.45) is 0 Å². The van der Waals surface area contributed by atoms with Gasteiger partial charge in [-0.1, -0.05) is 133 Å². The molecular formula is C45H27N5. The van der Waals surface area contributed by atoms with Crippen LogP contribution in [0.2, 0.25) is 0 Å². The normalized spacial score (nSPS) is 10.8. The molecule has 232 valence electrons. The SMILES string of the molecule is [C-]#[N+]c1cc(C#N)cc(-c2ccc(-c3ccc4ccc(-c5ccc(-c6nc(-c7ccccc7)nc(-c7ccccc7)n6)cc5)cc4c3)cc2)c1. The van der Waals surface area contributed by atoms with Crippen molar-refractivity contribution in [1.29, 1.82) is 5.26 Å². The van der Waals surface area contributed by atoms with Gasteiger partial charge in [0, 0.05) is 22.3 Å². The number of fused-ring (bicyclic) bond motifs is 1. The van der Waals surface area contributed by atoms with E-state index in [4.69, 9.17) is 21.5 Å². The minimum absolute atomic E-state index is 0.461. The third-order valence-electron chi connectivity index (χ3n) is 8.74. The molecule has 0 unspecified atom stereocenters. The fourth-order valence-electron chi connectivity index (χ4n) is 6.12. The summed E-state index contributed by atoms with van der Waals surface area (Å²) in [6.45, 7) is 7.38. The highest BCUT2D eigenvalue weighted by Crippen LogP contribution is 2.33. The van der Waals surface area contributed by atoms with Crippen molar-refractivity contribution in [3.8, 4) is 73.6 Å². The zero-order valence-electron chi connectivity index (χ0n) is 26.8. The maximum absolute atomic E-state index is 9.39. The second-order valence-electron chi connectivity index (χ2n) is 12.0. The summed E-state index contributed by atoms with van der Waals surface area (Å²) in [5.41, 5.74) is 10.00. The summed E-state index contributed by atoms with van der Waals surface area (Å²) in [6.07, 6.45) is 0. The molecule has 0 aliphatic rings. The molecule has 8 rings (SSSR count). The van der Waals surface area contributed by atoms with Crippen molar-refractivity contribution in [2.75, 3.05) is 0 Å². The summed E-state index contributed by atoms with van der Waals surface area (Å²) < 4.78 is 0. The van der Waals surface area contributed by atoms with Crippen LogP contribution in [0.5, 0.6) is 0 Å². The molecule has 0 saturated carbocycles. The first kappa shape index (κ1) is 30.1. The molecular weight excluding hydrogens is 611 g/mol. The van der Waals surface area contributed by atoms with Crippen LogP contribution in [-0.2, 0) is 0 Å². The molecule has 1 heterocycles. The molecule has 0 amide bonds. The van der Waals surface area contributed by atoms with Gasteiger partial charge in [-0.05, 0) is 74.5 Å². The van der Waals surface area contributed by atoms with Crippen molar-refractivity contribution in [3.63, 3.8) is 0 Å². The minimum Gasteiger partial charge on any atom is -0.238 e. The van der Waals surface area contributed by atoms with Gasteiger partial charge in [-0.3, -0.25) is 0 Å². The number of benzene rings is 7. The summed E-state index contributed by atoms with van der Waals surface area (Å²) in [5, 5.41) is 11.7. The minimum atomic E-state index is 0.461. The van der Waals surface area contributed by atoms with Crippen LogP contribution in [0, 0.1) is 17.9 Å². The van der Waals surface area contributed by atoms with Crippen molar-refractivity contribution >= 4 is 16.5 Å². The van der Waals surface area contributed by atoms with Crippen molar-refractivity contribution in [1.82, 2.24) is 15.0 Å². The second kappa shape index (κ2) is 13.1. The lowest BCUT2D eigenvalue weighted by atomic mass is 9.95. The Bertz CT molecular complexity index is 2490. The Morgan fingerprint density at radius 2 is 0.820 bits per heavy atom. The fraction of sp³-hybridized carbons (Fsp3) is 0. The smallest absolute Gasteiger partial charge is 0.189 e. The molecule has 5 heteroatoms. The molecule has 0 aliphatic carbocycles. The molecule has 8 aromatic rings. The lowest BCUT2D eigenvalue weighted by molar-refractivity contribution is 1.07. The van der Waals surface area contributed by atoms with Gasteiger partial charge in [0.25, 0.3) is 0 Å². The summed E-state index contributed by atoms with van der Waals surface area (Å²) in [7, 11) is 0. The van der Waals surface area contributed by atoms with Crippen molar-refractivity contribution in [2.45, 2.75) is 0 Å². The van der Waals surface area contributed by atoms with E-state index in [9.17, 15) is 5.26 Å². The first-order chi connectivity index (χ1) is 24.6. The zero-order chi connectivity index (χ0) is 33.9. The van der Waals surface area contributed by atoms with Crippen LogP contribution in [0.15, 0.2) is 164 Å². The molecule has 50 heavy (non-hydrogen) atoms. The first-order valence-electron chi connectivity index (χ1n) is 16.2. The van der Waals surface area contributed by atoms with Gasteiger partial charge in [0.15, 0.2) is 23.2 Å². The first-order valence-corrected chi connectivity index (χ1v) is 16.2. The lowest BCUT2D eigenvalue weighted by Gasteiger charge is -2.10. The number of hydrogen-bond donors (Lipinski definition) is 0. The molecule has 1 aromatic heterocycles. The van der Waals surface area contributed by atoms with Gasteiger partial charge in [-0.2, -0.15) is 5.26 Å². The molecule has 0 bridgehead atoms. The molecule has 0 radical (unpaired) electrons. The molecule has 5 nitrogen and oxygen atoms in total. The van der Waals surface area contributed by atoms with Gasteiger partial charge in [0.05, 0.1) is 12.6 Å². The predicted molar refractivity (Wildman–Crippen MR) is 201 cm³/mol. The summed E-state index contributed by atoms with van der Waals surface area (Å²) in [6, 6.07) is 57.1. The van der Waals surface area contributed by atoms with Crippen LogP contribution < -0.4 is 0 Å². The highest BCUT2D eigenvalue weighted by molar-refractivity contribution is 5.91. The Kier molecular flexibility index (Phi) is 7.91. The quantitative estimate of drug-likeness (QED) is 0.170. The summed E-state index contributed by atoms with van der Waals surface area (Å²) >= 11 is 0. The van der Waals surface area contributed by atoms with E-state index in [-0.39, 0.29) is 0 Å². The van der Waals surface area contributed by atoms with E-state index in [1.54, 1.807) is 6.07 Å². The van der Waals surface area contributed by atoms with Crippen LogP contribution in [0.1, 0.15) is 5.56 Å². The van der Waals surface area contributed by atoms with Crippen LogP contribution >= 0.6 is 0 Å². The number of aromatic nitrogens is 3. The van der Waals surface area contributed by atoms with E-state index < -0.39 is 0 Å². The van der Waals surface area contributed by atoms with Gasteiger partial charge in [0.1, 0.15) is 0 Å². The van der Waals surface area contributed by atoms with Gasteiger partial charge in [-0.15, -0.1) is 0 Å². The molecule has 0 aliphatic heterocycles. The van der Waals surface area contributed by atoms with Gasteiger partial charge in [0.2, 0.25) is 0 Å². The Balaban J connectivity index is 1.09. The maximum Gasteiger partial charge on any atom is 0.189 e. The fourth-order valence-corrected chi connectivity index (χ4v) is 6.12. The lowest BCUT2D eigenvalue weighted by Crippen LogP contribution is -2.00. The topological polar surface area (TPSA) is 66.8 Å². The molecule has 0 N–H and O–H groups in total. The molecule has 0 fully saturated rings. The van der Waals surface area contributed by atoms with E-state index in [1.807, 2.05) is 84.9 Å². The van der Waals surface area contributed by atoms with Crippen LogP contribution in [0.4, 0.5) is 5.69 Å².